The molecule has 11 heteroatoms. The molecule has 0 bridgehead atoms. The zero-order valence-electron chi connectivity index (χ0n) is 14.6. The SMILES string of the molecule is O=C(O)C1Sc2nccc3c2C1NC(=O)N3c1ccc(Oc2cccnn2)cn1. The molecule has 0 saturated heterocycles. The van der Waals surface area contributed by atoms with Crippen LogP contribution in [0.5, 0.6) is 11.6 Å². The van der Waals surface area contributed by atoms with Crippen molar-refractivity contribution in [1.29, 1.82) is 0 Å². The molecule has 0 aromatic carbocycles. The highest BCUT2D eigenvalue weighted by Gasteiger charge is 2.46. The van der Waals surface area contributed by atoms with E-state index >= 15 is 0 Å². The van der Waals surface area contributed by atoms with Crippen LogP contribution in [0.2, 0.25) is 0 Å². The number of carboxylic acids is 1. The van der Waals surface area contributed by atoms with Gasteiger partial charge in [0.25, 0.3) is 0 Å². The number of pyridine rings is 2. The van der Waals surface area contributed by atoms with Crippen molar-refractivity contribution in [3.8, 4) is 11.6 Å². The summed E-state index contributed by atoms with van der Waals surface area (Å²) in [4.78, 5) is 34.4. The van der Waals surface area contributed by atoms with Crippen molar-refractivity contribution in [2.75, 3.05) is 4.90 Å². The van der Waals surface area contributed by atoms with Crippen molar-refractivity contribution in [3.63, 3.8) is 0 Å². The monoisotopic (exact) mass is 408 g/mol. The lowest BCUT2D eigenvalue weighted by atomic mass is 10.0. The average Bonchev–Trinajstić information content (AvgIpc) is 3.10. The van der Waals surface area contributed by atoms with E-state index in [4.69, 9.17) is 4.74 Å². The molecule has 2 unspecified atom stereocenters. The predicted octanol–water partition coefficient (Wildman–Crippen LogP) is 2.52. The predicted molar refractivity (Wildman–Crippen MR) is 101 cm³/mol. The molecule has 3 aromatic rings. The number of carboxylic acid groups (broad SMARTS) is 1. The number of thioether (sulfide) groups is 1. The van der Waals surface area contributed by atoms with Crippen LogP contribution in [0.1, 0.15) is 11.6 Å². The van der Waals surface area contributed by atoms with E-state index in [9.17, 15) is 14.7 Å². The number of nitrogens with one attached hydrogen (secondary N) is 1. The van der Waals surface area contributed by atoms with Gasteiger partial charge in [0.15, 0.2) is 0 Å². The summed E-state index contributed by atoms with van der Waals surface area (Å²) in [5.74, 6) is 0.126. The Morgan fingerprint density at radius 1 is 1.21 bits per heavy atom. The minimum absolute atomic E-state index is 0.323. The van der Waals surface area contributed by atoms with E-state index in [2.05, 4.69) is 25.5 Å². The Labute approximate surface area is 168 Å². The number of aromatic nitrogens is 4. The summed E-state index contributed by atoms with van der Waals surface area (Å²) in [5, 5.41) is 19.6. The summed E-state index contributed by atoms with van der Waals surface area (Å²) in [6.45, 7) is 0. The molecule has 144 valence electrons. The highest BCUT2D eigenvalue weighted by atomic mass is 32.2. The molecule has 2 atom stereocenters. The molecule has 2 amide bonds. The second-order valence-corrected chi connectivity index (χ2v) is 7.33. The van der Waals surface area contributed by atoms with Crippen LogP contribution in [0.3, 0.4) is 0 Å². The van der Waals surface area contributed by atoms with Crippen LogP contribution in [0.25, 0.3) is 0 Å². The molecule has 2 aliphatic rings. The Morgan fingerprint density at radius 3 is 2.83 bits per heavy atom. The molecule has 0 spiro atoms. The third kappa shape index (κ3) is 2.91. The topological polar surface area (TPSA) is 130 Å². The highest BCUT2D eigenvalue weighted by molar-refractivity contribution is 8.00. The fraction of sp³-hybridized carbons (Fsp3) is 0.111. The van der Waals surface area contributed by atoms with Gasteiger partial charge in [-0.3, -0.25) is 4.79 Å². The van der Waals surface area contributed by atoms with Crippen molar-refractivity contribution in [2.24, 2.45) is 0 Å². The Bertz CT molecular complexity index is 1110. The van der Waals surface area contributed by atoms with E-state index in [1.165, 1.54) is 17.3 Å². The van der Waals surface area contributed by atoms with Crippen LogP contribution in [-0.4, -0.2) is 42.5 Å². The Balaban J connectivity index is 1.48. The van der Waals surface area contributed by atoms with E-state index in [1.54, 1.807) is 36.5 Å². The van der Waals surface area contributed by atoms with Crippen LogP contribution in [0, 0.1) is 0 Å². The first kappa shape index (κ1) is 17.4. The van der Waals surface area contributed by atoms with Crippen LogP contribution in [-0.2, 0) is 4.79 Å². The van der Waals surface area contributed by atoms with Crippen LogP contribution in [0.4, 0.5) is 16.3 Å². The standard InChI is InChI=1S/C18H12N6O4S/c25-17(26)15-14-13-10(5-7-19-16(13)29-15)24(18(27)22-14)11-4-3-9(8-20-11)28-12-2-1-6-21-23-12/h1-8,14-15H,(H,22,27)(H,25,26). The maximum atomic E-state index is 12.8. The second kappa shape index (κ2) is 6.71. The van der Waals surface area contributed by atoms with Crippen molar-refractivity contribution >= 4 is 35.3 Å². The normalized spacial score (nSPS) is 19.4. The molecule has 3 aromatic heterocycles. The van der Waals surface area contributed by atoms with E-state index in [0.717, 1.165) is 11.8 Å². The van der Waals surface area contributed by atoms with E-state index < -0.39 is 23.3 Å². The average molecular weight is 408 g/mol. The van der Waals surface area contributed by atoms with Gasteiger partial charge < -0.3 is 15.2 Å². The van der Waals surface area contributed by atoms with Crippen molar-refractivity contribution in [2.45, 2.75) is 16.3 Å². The molecule has 29 heavy (non-hydrogen) atoms. The third-order valence-electron chi connectivity index (χ3n) is 4.47. The van der Waals surface area contributed by atoms with Crippen molar-refractivity contribution in [3.05, 3.63) is 54.5 Å². The lowest BCUT2D eigenvalue weighted by molar-refractivity contribution is -0.136. The molecular formula is C18H12N6O4S. The molecule has 0 aliphatic carbocycles. The van der Waals surface area contributed by atoms with Crippen LogP contribution >= 0.6 is 11.8 Å². The maximum absolute atomic E-state index is 12.8. The molecule has 5 heterocycles. The fourth-order valence-corrected chi connectivity index (χ4v) is 4.43. The molecule has 5 rings (SSSR count). The maximum Gasteiger partial charge on any atom is 0.328 e. The van der Waals surface area contributed by atoms with E-state index in [1.807, 2.05) is 0 Å². The van der Waals surface area contributed by atoms with Crippen molar-refractivity contribution < 1.29 is 19.4 Å². The fourth-order valence-electron chi connectivity index (χ4n) is 3.27. The first-order valence-electron chi connectivity index (χ1n) is 8.52. The third-order valence-corrected chi connectivity index (χ3v) is 5.75. The number of rotatable bonds is 4. The number of carbonyl (C=O) groups is 2. The Morgan fingerprint density at radius 2 is 2.10 bits per heavy atom. The molecule has 0 fully saturated rings. The summed E-state index contributed by atoms with van der Waals surface area (Å²) in [5.41, 5.74) is 1.25. The number of hydrogen-bond donors (Lipinski definition) is 2. The van der Waals surface area contributed by atoms with Gasteiger partial charge in [0.05, 0.1) is 17.9 Å². The van der Waals surface area contributed by atoms with Gasteiger partial charge in [-0.25, -0.2) is 19.7 Å². The van der Waals surface area contributed by atoms with Gasteiger partial charge in [-0.05, 0) is 24.3 Å². The highest BCUT2D eigenvalue weighted by Crippen LogP contribution is 2.50. The second-order valence-electron chi connectivity index (χ2n) is 6.20. The summed E-state index contributed by atoms with van der Waals surface area (Å²) in [6, 6.07) is 7.24. The van der Waals surface area contributed by atoms with Crippen LogP contribution < -0.4 is 15.0 Å². The summed E-state index contributed by atoms with van der Waals surface area (Å²) in [6.07, 6.45) is 4.57. The first-order valence-corrected chi connectivity index (χ1v) is 9.40. The van der Waals surface area contributed by atoms with Crippen molar-refractivity contribution in [1.82, 2.24) is 25.5 Å². The number of hydrogen-bond acceptors (Lipinski definition) is 8. The van der Waals surface area contributed by atoms with Gasteiger partial charge in [0.1, 0.15) is 21.8 Å². The summed E-state index contributed by atoms with van der Waals surface area (Å²) < 4.78 is 5.57. The van der Waals surface area contributed by atoms with Gasteiger partial charge >= 0.3 is 12.0 Å². The number of anilines is 2. The van der Waals surface area contributed by atoms with Gasteiger partial charge in [-0.2, -0.15) is 5.10 Å². The first-order chi connectivity index (χ1) is 14.1. The molecule has 2 N–H and O–H groups in total. The number of urea groups is 1. The van der Waals surface area contributed by atoms with E-state index in [-0.39, 0.29) is 0 Å². The minimum Gasteiger partial charge on any atom is -0.480 e. The lowest BCUT2D eigenvalue weighted by Crippen LogP contribution is -2.47. The zero-order chi connectivity index (χ0) is 20.0. The quantitative estimate of drug-likeness (QED) is 0.668. The van der Waals surface area contributed by atoms with E-state index in [0.29, 0.717) is 33.7 Å². The number of aliphatic carboxylic acids is 1. The van der Waals surface area contributed by atoms with Gasteiger partial charge in [-0.15, -0.1) is 5.10 Å². The van der Waals surface area contributed by atoms with Gasteiger partial charge in [0, 0.05) is 24.0 Å². The zero-order valence-corrected chi connectivity index (χ0v) is 15.4. The number of amides is 2. The largest absolute Gasteiger partial charge is 0.480 e. The number of ether oxygens (including phenoxy) is 1. The summed E-state index contributed by atoms with van der Waals surface area (Å²) >= 11 is 1.13. The lowest BCUT2D eigenvalue weighted by Gasteiger charge is -2.32. The Hall–Kier alpha value is -3.73. The molecule has 0 saturated carbocycles. The van der Waals surface area contributed by atoms with Crippen LogP contribution in [0.15, 0.2) is 53.9 Å². The van der Waals surface area contributed by atoms with Gasteiger partial charge in [0.2, 0.25) is 5.88 Å². The molecule has 10 nitrogen and oxygen atoms in total. The minimum atomic E-state index is -0.999. The van der Waals surface area contributed by atoms with Gasteiger partial charge in [-0.1, -0.05) is 11.8 Å². The molecule has 0 radical (unpaired) electrons. The number of carbonyl (C=O) groups excluding carboxylic acids is 1. The molecular weight excluding hydrogens is 396 g/mol. The number of nitrogens with zero attached hydrogens (tertiary/aromatic N) is 5. The smallest absolute Gasteiger partial charge is 0.328 e. The molecule has 2 aliphatic heterocycles. The Kier molecular flexibility index (Phi) is 4.02. The summed E-state index contributed by atoms with van der Waals surface area (Å²) in [7, 11) is 0.